The third-order valence-electron chi connectivity index (χ3n) is 1.42. The van der Waals surface area contributed by atoms with Crippen molar-refractivity contribution in [3.05, 3.63) is 0 Å². The molecule has 10 nitrogen and oxygen atoms in total. The van der Waals surface area contributed by atoms with Crippen molar-refractivity contribution >= 4 is 23.9 Å². The molecule has 10 heteroatoms. The number of nitrogens with two attached hydrogens (primary N) is 2. The first-order valence-corrected chi connectivity index (χ1v) is 4.48. The largest absolute Gasteiger partial charge is 0.481 e. The van der Waals surface area contributed by atoms with Crippen LogP contribution in [0, 0.1) is 0 Å². The molecule has 0 unspecified atom stereocenters. The van der Waals surface area contributed by atoms with Crippen LogP contribution < -0.4 is 11.5 Å². The summed E-state index contributed by atoms with van der Waals surface area (Å²) in [4.78, 5) is 39.2. The summed E-state index contributed by atoms with van der Waals surface area (Å²) in [6.07, 6.45) is -1.06. The average molecular weight is 266 g/mol. The molecule has 0 aromatic heterocycles. The molecule has 0 fully saturated rings. The highest BCUT2D eigenvalue weighted by atomic mass is 16.4. The fourth-order valence-electron chi connectivity index (χ4n) is 0.551. The predicted molar refractivity (Wildman–Crippen MR) is 55.7 cm³/mol. The number of rotatable bonds is 6. The number of carbonyl (C=O) groups is 4. The van der Waals surface area contributed by atoms with Crippen LogP contribution in [0.1, 0.15) is 12.8 Å². The molecular weight excluding hydrogens is 252 g/mol. The van der Waals surface area contributed by atoms with Crippen LogP contribution in [0.15, 0.2) is 0 Å². The number of hydrogen-bond acceptors (Lipinski definition) is 6. The Morgan fingerprint density at radius 1 is 0.722 bits per heavy atom. The van der Waals surface area contributed by atoms with Gasteiger partial charge >= 0.3 is 23.9 Å². The molecule has 0 aliphatic carbocycles. The summed E-state index contributed by atoms with van der Waals surface area (Å²) in [7, 11) is 0. The van der Waals surface area contributed by atoms with Gasteiger partial charge in [-0.25, -0.2) is 0 Å². The Morgan fingerprint density at radius 3 is 1.00 bits per heavy atom. The molecule has 0 spiro atoms. The van der Waals surface area contributed by atoms with E-state index >= 15 is 0 Å². The van der Waals surface area contributed by atoms with Crippen LogP contribution in [0.3, 0.4) is 0 Å². The van der Waals surface area contributed by atoms with Crippen LogP contribution >= 0.6 is 0 Å². The minimum Gasteiger partial charge on any atom is -0.481 e. The molecule has 0 rings (SSSR count). The summed E-state index contributed by atoms with van der Waals surface area (Å²) in [5, 5.41) is 32.1. The summed E-state index contributed by atoms with van der Waals surface area (Å²) >= 11 is 0. The molecule has 0 bridgehead atoms. The second kappa shape index (κ2) is 8.90. The number of aliphatic carboxylic acids is 4. The van der Waals surface area contributed by atoms with Crippen LogP contribution in [0.4, 0.5) is 0 Å². The lowest BCUT2D eigenvalue weighted by atomic mass is 10.2. The van der Waals surface area contributed by atoms with Gasteiger partial charge in [-0.15, -0.1) is 0 Å². The normalized spacial score (nSPS) is 12.6. The van der Waals surface area contributed by atoms with Crippen LogP contribution in [0.5, 0.6) is 0 Å². The van der Waals surface area contributed by atoms with E-state index in [9.17, 15) is 19.2 Å². The molecule has 104 valence electrons. The molecule has 2 atom stereocenters. The highest BCUT2D eigenvalue weighted by molar-refractivity contribution is 5.80. The van der Waals surface area contributed by atoms with Gasteiger partial charge in [0.1, 0.15) is 12.1 Å². The third kappa shape index (κ3) is 11.9. The van der Waals surface area contributed by atoms with Gasteiger partial charge in [0.05, 0.1) is 12.8 Å². The van der Waals surface area contributed by atoms with E-state index in [2.05, 4.69) is 0 Å². The molecular formula is C8H14N2O8. The lowest BCUT2D eigenvalue weighted by Gasteiger charge is -1.99. The quantitative estimate of drug-likeness (QED) is 0.304. The Labute approximate surface area is 101 Å². The topological polar surface area (TPSA) is 201 Å². The van der Waals surface area contributed by atoms with Gasteiger partial charge in [0.15, 0.2) is 0 Å². The van der Waals surface area contributed by atoms with Crippen molar-refractivity contribution < 1.29 is 39.6 Å². The van der Waals surface area contributed by atoms with Crippen molar-refractivity contribution in [2.45, 2.75) is 24.9 Å². The molecule has 0 aromatic carbocycles. The Hall–Kier alpha value is -2.20. The average Bonchev–Trinajstić information content (AvgIpc) is 2.16. The van der Waals surface area contributed by atoms with Gasteiger partial charge in [0.2, 0.25) is 0 Å². The number of carboxylic acids is 4. The lowest BCUT2D eigenvalue weighted by Crippen LogP contribution is -2.32. The van der Waals surface area contributed by atoms with Gasteiger partial charge in [-0.3, -0.25) is 19.2 Å². The maximum absolute atomic E-state index is 9.85. The van der Waals surface area contributed by atoms with E-state index in [1.807, 2.05) is 0 Å². The molecule has 0 saturated heterocycles. The fraction of sp³-hybridized carbons (Fsp3) is 0.500. The number of hydrogen-bond donors (Lipinski definition) is 6. The van der Waals surface area contributed by atoms with Crippen LogP contribution in [0.25, 0.3) is 0 Å². The van der Waals surface area contributed by atoms with Gasteiger partial charge in [0, 0.05) is 0 Å². The highest BCUT2D eigenvalue weighted by Crippen LogP contribution is 1.86. The molecule has 0 heterocycles. The van der Waals surface area contributed by atoms with E-state index in [0.717, 1.165) is 0 Å². The Kier molecular flexibility index (Phi) is 8.98. The van der Waals surface area contributed by atoms with Crippen LogP contribution in [-0.2, 0) is 19.2 Å². The molecule has 0 radical (unpaired) electrons. The van der Waals surface area contributed by atoms with E-state index in [0.29, 0.717) is 0 Å². The van der Waals surface area contributed by atoms with Crippen molar-refractivity contribution in [2.75, 3.05) is 0 Å². The Balaban J connectivity index is 0. The van der Waals surface area contributed by atoms with E-state index in [1.54, 1.807) is 0 Å². The molecule has 0 aliphatic heterocycles. The Bertz CT molecular complexity index is 297. The fourth-order valence-corrected chi connectivity index (χ4v) is 0.551. The molecule has 18 heavy (non-hydrogen) atoms. The van der Waals surface area contributed by atoms with Crippen LogP contribution in [-0.4, -0.2) is 56.4 Å². The maximum atomic E-state index is 9.85. The summed E-state index contributed by atoms with van der Waals surface area (Å²) in [5.41, 5.74) is 9.67. The first-order valence-electron chi connectivity index (χ1n) is 4.48. The molecule has 0 amide bonds. The van der Waals surface area contributed by atoms with Crippen molar-refractivity contribution in [3.63, 3.8) is 0 Å². The highest BCUT2D eigenvalue weighted by Gasteiger charge is 2.15. The monoisotopic (exact) mass is 266 g/mol. The molecule has 0 aromatic rings. The first kappa shape index (κ1) is 18.2. The maximum Gasteiger partial charge on any atom is 0.321 e. The molecule has 0 saturated carbocycles. The minimum atomic E-state index is -1.29. The van der Waals surface area contributed by atoms with Gasteiger partial charge in [-0.05, 0) is 0 Å². The van der Waals surface area contributed by atoms with E-state index in [1.165, 1.54) is 0 Å². The second-order valence-electron chi connectivity index (χ2n) is 3.09. The number of carboxylic acid groups (broad SMARTS) is 4. The summed E-state index contributed by atoms with van der Waals surface area (Å²) in [6, 6.07) is -2.58. The smallest absolute Gasteiger partial charge is 0.321 e. The van der Waals surface area contributed by atoms with E-state index in [-0.39, 0.29) is 0 Å². The first-order chi connectivity index (χ1) is 8.07. The molecule has 8 N–H and O–H groups in total. The summed E-state index contributed by atoms with van der Waals surface area (Å²) < 4.78 is 0. The van der Waals surface area contributed by atoms with Crippen LogP contribution in [0.2, 0.25) is 0 Å². The summed E-state index contributed by atoms with van der Waals surface area (Å²) in [5.74, 6) is -5.00. The van der Waals surface area contributed by atoms with Crippen molar-refractivity contribution in [3.8, 4) is 0 Å². The predicted octanol–water partition coefficient (Wildman–Crippen LogP) is -2.25. The SMILES string of the molecule is N[C@@H](CC(=O)O)C(=O)O.N[C@@H](CC(=O)O)C(=O)O. The van der Waals surface area contributed by atoms with Crippen molar-refractivity contribution in [2.24, 2.45) is 11.5 Å². The standard InChI is InChI=1S/2C4H7NO4/c2*5-2(4(8)9)1-3(6)7/h2*2H,1,5H2,(H,6,7)(H,8,9)/t2*2-/m00/s1. The Morgan fingerprint density at radius 2 is 0.944 bits per heavy atom. The van der Waals surface area contributed by atoms with Crippen molar-refractivity contribution in [1.82, 2.24) is 0 Å². The van der Waals surface area contributed by atoms with Gasteiger partial charge in [0.25, 0.3) is 0 Å². The van der Waals surface area contributed by atoms with Gasteiger partial charge < -0.3 is 31.9 Å². The zero-order valence-electron chi connectivity index (χ0n) is 9.15. The van der Waals surface area contributed by atoms with Crippen molar-refractivity contribution in [1.29, 1.82) is 0 Å². The third-order valence-corrected chi connectivity index (χ3v) is 1.42. The van der Waals surface area contributed by atoms with Gasteiger partial charge in [-0.2, -0.15) is 0 Å². The summed E-state index contributed by atoms with van der Waals surface area (Å²) in [6.45, 7) is 0. The second-order valence-corrected chi connectivity index (χ2v) is 3.09. The van der Waals surface area contributed by atoms with E-state index in [4.69, 9.17) is 31.9 Å². The minimum absolute atomic E-state index is 0.532. The zero-order chi connectivity index (χ0) is 14.9. The van der Waals surface area contributed by atoms with E-state index < -0.39 is 48.8 Å². The zero-order valence-corrected chi connectivity index (χ0v) is 9.15. The lowest BCUT2D eigenvalue weighted by molar-refractivity contribution is -0.144. The molecule has 0 aliphatic rings. The van der Waals surface area contributed by atoms with Gasteiger partial charge in [-0.1, -0.05) is 0 Å².